The first-order valence-electron chi connectivity index (χ1n) is 8.63. The van der Waals surface area contributed by atoms with Crippen molar-refractivity contribution in [3.8, 4) is 0 Å². The third kappa shape index (κ3) is 4.83. The molecule has 0 aliphatic carbocycles. The van der Waals surface area contributed by atoms with Gasteiger partial charge in [0.2, 0.25) is 11.7 Å². The highest BCUT2D eigenvalue weighted by molar-refractivity contribution is 6.37. The third-order valence-corrected chi connectivity index (χ3v) is 4.26. The Hall–Kier alpha value is -3.39. The van der Waals surface area contributed by atoms with Crippen molar-refractivity contribution in [2.24, 2.45) is 16.7 Å². The predicted molar refractivity (Wildman–Crippen MR) is 103 cm³/mol. The third-order valence-electron chi connectivity index (χ3n) is 4.26. The number of nitrogens with zero attached hydrogens (tertiary/aromatic N) is 2. The molecule has 140 valence electrons. The van der Waals surface area contributed by atoms with Gasteiger partial charge in [-0.15, -0.1) is 5.10 Å². The second-order valence-corrected chi connectivity index (χ2v) is 6.28. The van der Waals surface area contributed by atoms with E-state index in [1.807, 2.05) is 54.6 Å². The van der Waals surface area contributed by atoms with Gasteiger partial charge in [-0.1, -0.05) is 48.5 Å². The molecule has 8 nitrogen and oxygen atoms in total. The van der Waals surface area contributed by atoms with Crippen LogP contribution in [0.5, 0.6) is 0 Å². The number of hydrazine groups is 1. The molecule has 1 atom stereocenters. The second kappa shape index (κ2) is 8.33. The Morgan fingerprint density at radius 2 is 1.89 bits per heavy atom. The maximum Gasteiger partial charge on any atom is 0.289 e. The SMILES string of the molecule is N/C(=N\N(N)Cc1ccccc1)C(=O)N[C@H]1CCc2ccccc2NC1=O. The number of hydrogen-bond donors (Lipinski definition) is 4. The number of hydrogen-bond acceptors (Lipinski definition) is 5. The van der Waals surface area contributed by atoms with Crippen LogP contribution in [0.15, 0.2) is 59.7 Å². The van der Waals surface area contributed by atoms with Crippen molar-refractivity contribution in [1.82, 2.24) is 10.4 Å². The summed E-state index contributed by atoms with van der Waals surface area (Å²) in [6, 6.07) is 16.3. The molecule has 2 aromatic rings. The first-order chi connectivity index (χ1) is 13.0. The summed E-state index contributed by atoms with van der Waals surface area (Å²) in [7, 11) is 0. The Labute approximate surface area is 157 Å². The number of rotatable bonds is 4. The van der Waals surface area contributed by atoms with Crippen LogP contribution < -0.4 is 22.2 Å². The summed E-state index contributed by atoms with van der Waals surface area (Å²) in [5, 5.41) is 10.4. The largest absolute Gasteiger partial charge is 0.378 e. The van der Waals surface area contributed by atoms with E-state index in [1.165, 1.54) is 0 Å². The quantitative estimate of drug-likeness (QED) is 0.274. The van der Waals surface area contributed by atoms with E-state index >= 15 is 0 Å². The van der Waals surface area contributed by atoms with E-state index in [1.54, 1.807) is 0 Å². The van der Waals surface area contributed by atoms with Crippen LogP contribution >= 0.6 is 0 Å². The first kappa shape index (κ1) is 18.4. The molecule has 3 rings (SSSR count). The zero-order chi connectivity index (χ0) is 19.2. The fraction of sp³-hybridized carbons (Fsp3) is 0.211. The molecule has 0 saturated heterocycles. The van der Waals surface area contributed by atoms with Crippen LogP contribution in [0, 0.1) is 0 Å². The minimum atomic E-state index is -0.695. The number of benzene rings is 2. The predicted octanol–water partition coefficient (Wildman–Crippen LogP) is 0.704. The summed E-state index contributed by atoms with van der Waals surface area (Å²) in [5.74, 6) is 4.57. The number of para-hydroxylation sites is 1. The van der Waals surface area contributed by atoms with Crippen molar-refractivity contribution < 1.29 is 9.59 Å². The molecule has 6 N–H and O–H groups in total. The lowest BCUT2D eigenvalue weighted by Gasteiger charge is -2.16. The Morgan fingerprint density at radius 1 is 1.19 bits per heavy atom. The maximum atomic E-state index is 12.4. The van der Waals surface area contributed by atoms with Crippen LogP contribution in [-0.4, -0.2) is 28.8 Å². The van der Waals surface area contributed by atoms with Crippen molar-refractivity contribution in [2.45, 2.75) is 25.4 Å². The smallest absolute Gasteiger partial charge is 0.289 e. The average molecular weight is 366 g/mol. The molecular formula is C19H22N6O2. The van der Waals surface area contributed by atoms with E-state index in [-0.39, 0.29) is 11.7 Å². The van der Waals surface area contributed by atoms with Gasteiger partial charge in [0.15, 0.2) is 0 Å². The highest BCUT2D eigenvalue weighted by Crippen LogP contribution is 2.21. The highest BCUT2D eigenvalue weighted by atomic mass is 16.2. The molecule has 2 amide bonds. The van der Waals surface area contributed by atoms with Crippen molar-refractivity contribution in [2.75, 3.05) is 5.32 Å². The highest BCUT2D eigenvalue weighted by Gasteiger charge is 2.26. The lowest BCUT2D eigenvalue weighted by Crippen LogP contribution is -2.48. The van der Waals surface area contributed by atoms with Gasteiger partial charge >= 0.3 is 0 Å². The van der Waals surface area contributed by atoms with E-state index in [2.05, 4.69) is 15.7 Å². The topological polar surface area (TPSA) is 126 Å². The molecule has 1 aliphatic heterocycles. The number of hydrazone groups is 1. The number of amides is 2. The molecule has 8 heteroatoms. The summed E-state index contributed by atoms with van der Waals surface area (Å²) in [6.45, 7) is 0.300. The zero-order valence-electron chi connectivity index (χ0n) is 14.8. The van der Waals surface area contributed by atoms with Gasteiger partial charge in [0.1, 0.15) is 6.04 Å². The molecule has 2 aromatic carbocycles. The number of nitrogens with two attached hydrogens (primary N) is 2. The van der Waals surface area contributed by atoms with Gasteiger partial charge in [0.05, 0.1) is 6.54 Å². The number of carbonyl (C=O) groups excluding carboxylic acids is 2. The summed E-state index contributed by atoms with van der Waals surface area (Å²) in [4.78, 5) is 24.7. The van der Waals surface area contributed by atoms with E-state index in [9.17, 15) is 9.59 Å². The Morgan fingerprint density at radius 3 is 2.67 bits per heavy atom. The van der Waals surface area contributed by atoms with Crippen molar-refractivity contribution in [3.05, 3.63) is 65.7 Å². The molecule has 27 heavy (non-hydrogen) atoms. The van der Waals surface area contributed by atoms with E-state index in [0.29, 0.717) is 19.4 Å². The molecule has 0 fully saturated rings. The van der Waals surface area contributed by atoms with Crippen LogP contribution in [0.4, 0.5) is 5.69 Å². The number of anilines is 1. The van der Waals surface area contributed by atoms with E-state index in [0.717, 1.165) is 21.9 Å². The molecule has 1 heterocycles. The summed E-state index contributed by atoms with van der Waals surface area (Å²) < 4.78 is 0. The standard InChI is InChI=1S/C19H22N6O2/c20-17(24-25(21)12-13-6-2-1-3-7-13)19(27)23-16-11-10-14-8-4-5-9-15(14)22-18(16)26/h1-9,16H,10-12,21H2,(H2,20,24)(H,22,26)(H,23,27)/t16-/m0/s1. The minimum Gasteiger partial charge on any atom is -0.378 e. The normalized spacial score (nSPS) is 16.7. The molecule has 1 aliphatic rings. The fourth-order valence-electron chi connectivity index (χ4n) is 2.87. The number of amidine groups is 1. The molecule has 0 bridgehead atoms. The fourth-order valence-corrected chi connectivity index (χ4v) is 2.87. The lowest BCUT2D eigenvalue weighted by atomic mass is 10.1. The van der Waals surface area contributed by atoms with Gasteiger partial charge in [0.25, 0.3) is 5.91 Å². The van der Waals surface area contributed by atoms with Crippen molar-refractivity contribution in [1.29, 1.82) is 0 Å². The molecule has 0 radical (unpaired) electrons. The van der Waals surface area contributed by atoms with Crippen LogP contribution in [-0.2, 0) is 22.6 Å². The number of carbonyl (C=O) groups is 2. The molecule has 0 aromatic heterocycles. The zero-order valence-corrected chi connectivity index (χ0v) is 14.8. The summed E-state index contributed by atoms with van der Waals surface area (Å²) >= 11 is 0. The van der Waals surface area contributed by atoms with Gasteiger partial charge in [0, 0.05) is 5.69 Å². The Balaban J connectivity index is 1.60. The number of fused-ring (bicyclic) bond motifs is 1. The van der Waals surface area contributed by atoms with Gasteiger partial charge in [-0.3, -0.25) is 9.59 Å². The average Bonchev–Trinajstić information content (AvgIpc) is 2.81. The van der Waals surface area contributed by atoms with E-state index in [4.69, 9.17) is 11.6 Å². The number of nitrogens with one attached hydrogen (secondary N) is 2. The van der Waals surface area contributed by atoms with Gasteiger partial charge < -0.3 is 16.4 Å². The molecule has 0 spiro atoms. The van der Waals surface area contributed by atoms with Crippen LogP contribution in [0.3, 0.4) is 0 Å². The van der Waals surface area contributed by atoms with Crippen molar-refractivity contribution >= 4 is 23.3 Å². The van der Waals surface area contributed by atoms with Crippen LogP contribution in [0.1, 0.15) is 17.5 Å². The van der Waals surface area contributed by atoms with Gasteiger partial charge in [-0.2, -0.15) is 0 Å². The van der Waals surface area contributed by atoms with E-state index < -0.39 is 11.9 Å². The monoisotopic (exact) mass is 366 g/mol. The van der Waals surface area contributed by atoms with Gasteiger partial charge in [-0.25, -0.2) is 11.0 Å². The summed E-state index contributed by atoms with van der Waals surface area (Å²) in [6.07, 6.45) is 1.13. The molecular weight excluding hydrogens is 344 g/mol. The molecule has 0 saturated carbocycles. The van der Waals surface area contributed by atoms with Crippen LogP contribution in [0.25, 0.3) is 0 Å². The number of aryl methyl sites for hydroxylation is 1. The Kier molecular flexibility index (Phi) is 5.68. The van der Waals surface area contributed by atoms with Gasteiger partial charge in [-0.05, 0) is 30.0 Å². The van der Waals surface area contributed by atoms with Crippen molar-refractivity contribution in [3.63, 3.8) is 0 Å². The lowest BCUT2D eigenvalue weighted by molar-refractivity contribution is -0.123. The van der Waals surface area contributed by atoms with Crippen LogP contribution in [0.2, 0.25) is 0 Å². The maximum absolute atomic E-state index is 12.4. The summed E-state index contributed by atoms with van der Waals surface area (Å²) in [5.41, 5.74) is 8.46. The second-order valence-electron chi connectivity index (χ2n) is 6.28. The first-order valence-corrected chi connectivity index (χ1v) is 8.63. The Bertz CT molecular complexity index is 852. The molecule has 0 unspecified atom stereocenters. The minimum absolute atomic E-state index is 0.282.